The van der Waals surface area contributed by atoms with Crippen molar-refractivity contribution in [2.24, 2.45) is 0 Å². The van der Waals surface area contributed by atoms with Crippen molar-refractivity contribution in [1.82, 2.24) is 0 Å². The van der Waals surface area contributed by atoms with Crippen LogP contribution in [-0.2, 0) is 23.7 Å². The van der Waals surface area contributed by atoms with Gasteiger partial charge in [-0.15, -0.1) is 0 Å². The standard InChI is InChI=1S/C13H13F3O5/c1-2-18-10(17)9-8(13(14,15)16)7-3-4-12(9,21-7)11-19-5-6-20-11/h3-4,7,11H,2,5-6H2,1H3. The van der Waals surface area contributed by atoms with E-state index in [0.29, 0.717) is 0 Å². The van der Waals surface area contributed by atoms with E-state index in [1.54, 1.807) is 0 Å². The number of fused-ring (bicyclic) bond motifs is 2. The van der Waals surface area contributed by atoms with Gasteiger partial charge in [0, 0.05) is 0 Å². The van der Waals surface area contributed by atoms with Gasteiger partial charge in [-0.2, -0.15) is 13.2 Å². The molecule has 0 saturated carbocycles. The van der Waals surface area contributed by atoms with E-state index in [4.69, 9.17) is 18.9 Å². The van der Waals surface area contributed by atoms with Crippen molar-refractivity contribution in [2.75, 3.05) is 19.8 Å². The average Bonchev–Trinajstić information content (AvgIpc) is 3.11. The molecule has 1 saturated heterocycles. The molecule has 3 heterocycles. The lowest BCUT2D eigenvalue weighted by molar-refractivity contribution is -0.166. The van der Waals surface area contributed by atoms with Crippen LogP contribution in [0.2, 0.25) is 0 Å². The Hall–Kier alpha value is -1.38. The lowest BCUT2D eigenvalue weighted by atomic mass is 9.86. The van der Waals surface area contributed by atoms with E-state index >= 15 is 0 Å². The fraction of sp³-hybridized carbons (Fsp3) is 0.615. The average molecular weight is 306 g/mol. The van der Waals surface area contributed by atoms with Crippen LogP contribution >= 0.6 is 0 Å². The van der Waals surface area contributed by atoms with Gasteiger partial charge in [0.15, 0.2) is 11.9 Å². The highest BCUT2D eigenvalue weighted by molar-refractivity contribution is 5.94. The highest BCUT2D eigenvalue weighted by Crippen LogP contribution is 2.52. The van der Waals surface area contributed by atoms with Crippen molar-refractivity contribution in [3.05, 3.63) is 23.3 Å². The van der Waals surface area contributed by atoms with Gasteiger partial charge in [-0.3, -0.25) is 0 Å². The van der Waals surface area contributed by atoms with Gasteiger partial charge < -0.3 is 18.9 Å². The second kappa shape index (κ2) is 4.82. The molecule has 116 valence electrons. The maximum atomic E-state index is 13.3. The maximum Gasteiger partial charge on any atom is 0.416 e. The summed E-state index contributed by atoms with van der Waals surface area (Å²) >= 11 is 0. The highest BCUT2D eigenvalue weighted by atomic mass is 19.4. The van der Waals surface area contributed by atoms with E-state index in [9.17, 15) is 18.0 Å². The fourth-order valence-corrected chi connectivity index (χ4v) is 2.80. The topological polar surface area (TPSA) is 54.0 Å². The molecule has 5 nitrogen and oxygen atoms in total. The lowest BCUT2D eigenvalue weighted by Gasteiger charge is -2.30. The van der Waals surface area contributed by atoms with Crippen LogP contribution in [0.3, 0.4) is 0 Å². The van der Waals surface area contributed by atoms with Crippen LogP contribution in [0.25, 0.3) is 0 Å². The Morgan fingerprint density at radius 1 is 1.43 bits per heavy atom. The van der Waals surface area contributed by atoms with Crippen molar-refractivity contribution < 1.29 is 36.9 Å². The Morgan fingerprint density at radius 2 is 2.10 bits per heavy atom. The van der Waals surface area contributed by atoms with Gasteiger partial charge in [0.25, 0.3) is 0 Å². The van der Waals surface area contributed by atoms with E-state index in [1.807, 2.05) is 0 Å². The van der Waals surface area contributed by atoms with Crippen LogP contribution in [-0.4, -0.2) is 50.0 Å². The first-order chi connectivity index (χ1) is 9.90. The summed E-state index contributed by atoms with van der Waals surface area (Å²) in [6.07, 6.45) is -4.47. The molecular weight excluding hydrogens is 293 g/mol. The summed E-state index contributed by atoms with van der Waals surface area (Å²) in [5.41, 5.74) is -3.29. The Bertz CT molecular complexity index is 518. The third kappa shape index (κ3) is 2.09. The SMILES string of the molecule is CCOC(=O)C1=C(C(F)(F)F)C2C=CC1(C1OCCO1)O2. The Labute approximate surface area is 118 Å². The molecule has 2 bridgehead atoms. The first kappa shape index (κ1) is 14.6. The predicted molar refractivity (Wildman–Crippen MR) is 62.2 cm³/mol. The monoisotopic (exact) mass is 306 g/mol. The first-order valence-corrected chi connectivity index (χ1v) is 6.49. The molecule has 0 amide bonds. The molecule has 8 heteroatoms. The summed E-state index contributed by atoms with van der Waals surface area (Å²) in [7, 11) is 0. The van der Waals surface area contributed by atoms with E-state index in [1.165, 1.54) is 19.1 Å². The number of alkyl halides is 3. The van der Waals surface area contributed by atoms with Crippen molar-refractivity contribution in [3.63, 3.8) is 0 Å². The fourth-order valence-electron chi connectivity index (χ4n) is 2.80. The summed E-state index contributed by atoms with van der Waals surface area (Å²) in [4.78, 5) is 12.0. The molecule has 0 aromatic heterocycles. The largest absolute Gasteiger partial charge is 0.463 e. The molecule has 0 radical (unpaired) electrons. The van der Waals surface area contributed by atoms with Crippen LogP contribution in [0.1, 0.15) is 6.92 Å². The molecule has 1 fully saturated rings. The molecule has 0 spiro atoms. The third-order valence-corrected chi connectivity index (χ3v) is 3.54. The van der Waals surface area contributed by atoms with Gasteiger partial charge in [-0.25, -0.2) is 4.79 Å². The maximum absolute atomic E-state index is 13.3. The minimum atomic E-state index is -4.70. The first-order valence-electron chi connectivity index (χ1n) is 6.49. The number of ether oxygens (including phenoxy) is 4. The molecule has 0 aromatic rings. The Kier molecular flexibility index (Phi) is 3.34. The lowest BCUT2D eigenvalue weighted by Crippen LogP contribution is -2.45. The summed E-state index contributed by atoms with van der Waals surface area (Å²) in [6.45, 7) is 1.94. The van der Waals surface area contributed by atoms with Crippen LogP contribution < -0.4 is 0 Å². The number of hydrogen-bond donors (Lipinski definition) is 0. The molecule has 2 unspecified atom stereocenters. The van der Waals surface area contributed by atoms with Crippen molar-refractivity contribution in [1.29, 1.82) is 0 Å². The quantitative estimate of drug-likeness (QED) is 0.584. The third-order valence-electron chi connectivity index (χ3n) is 3.54. The number of halogens is 3. The van der Waals surface area contributed by atoms with Gasteiger partial charge in [0.1, 0.15) is 6.10 Å². The smallest absolute Gasteiger partial charge is 0.416 e. The van der Waals surface area contributed by atoms with Gasteiger partial charge in [0.05, 0.1) is 31.0 Å². The number of esters is 1. The second-order valence-corrected chi connectivity index (χ2v) is 4.77. The predicted octanol–water partition coefficient (Wildman–Crippen LogP) is 1.49. The Morgan fingerprint density at radius 3 is 2.67 bits per heavy atom. The zero-order valence-electron chi connectivity index (χ0n) is 11.1. The summed E-state index contributed by atoms with van der Waals surface area (Å²) < 4.78 is 60.5. The highest BCUT2D eigenvalue weighted by Gasteiger charge is 2.63. The van der Waals surface area contributed by atoms with E-state index < -0.39 is 41.3 Å². The van der Waals surface area contributed by atoms with Gasteiger partial charge in [-0.05, 0) is 13.0 Å². The zero-order chi connectivity index (χ0) is 15.3. The molecule has 2 atom stereocenters. The molecule has 0 aromatic carbocycles. The van der Waals surface area contributed by atoms with Crippen LogP contribution in [0.15, 0.2) is 23.3 Å². The molecule has 3 aliphatic heterocycles. The minimum absolute atomic E-state index is 0.0374. The number of rotatable bonds is 3. The molecule has 21 heavy (non-hydrogen) atoms. The minimum Gasteiger partial charge on any atom is -0.463 e. The van der Waals surface area contributed by atoms with Crippen molar-refractivity contribution in [2.45, 2.75) is 31.1 Å². The van der Waals surface area contributed by atoms with Crippen LogP contribution in [0, 0.1) is 0 Å². The zero-order valence-corrected chi connectivity index (χ0v) is 11.1. The molecule has 0 N–H and O–H groups in total. The van der Waals surface area contributed by atoms with E-state index in [0.717, 1.165) is 0 Å². The van der Waals surface area contributed by atoms with Crippen molar-refractivity contribution in [3.8, 4) is 0 Å². The van der Waals surface area contributed by atoms with Gasteiger partial charge in [0.2, 0.25) is 0 Å². The number of carbonyl (C=O) groups is 1. The summed E-state index contributed by atoms with van der Waals surface area (Å²) in [5, 5.41) is 0. The van der Waals surface area contributed by atoms with E-state index in [-0.39, 0.29) is 19.8 Å². The number of hydrogen-bond acceptors (Lipinski definition) is 5. The van der Waals surface area contributed by atoms with Gasteiger partial charge >= 0.3 is 12.1 Å². The van der Waals surface area contributed by atoms with E-state index in [2.05, 4.69) is 0 Å². The van der Waals surface area contributed by atoms with Crippen LogP contribution in [0.4, 0.5) is 13.2 Å². The molecule has 3 rings (SSSR count). The molecular formula is C13H13F3O5. The van der Waals surface area contributed by atoms with Gasteiger partial charge in [-0.1, -0.05) is 6.08 Å². The van der Waals surface area contributed by atoms with Crippen LogP contribution in [0.5, 0.6) is 0 Å². The summed E-state index contributed by atoms with van der Waals surface area (Å²) in [6, 6.07) is 0. The normalized spacial score (nSPS) is 32.3. The van der Waals surface area contributed by atoms with Crippen molar-refractivity contribution >= 4 is 5.97 Å². The Balaban J connectivity index is 2.08. The second-order valence-electron chi connectivity index (χ2n) is 4.77. The summed E-state index contributed by atoms with van der Waals surface area (Å²) in [5.74, 6) is -1.06. The molecule has 3 aliphatic rings. The number of carbonyl (C=O) groups excluding carboxylic acids is 1. The molecule has 0 aliphatic carbocycles.